The lowest BCUT2D eigenvalue weighted by molar-refractivity contribution is -0.274. The summed E-state index contributed by atoms with van der Waals surface area (Å²) in [5.74, 6) is -1.48. The molecule has 194 valence electrons. The zero-order chi connectivity index (χ0) is 26.3. The molecule has 1 atom stereocenters. The summed E-state index contributed by atoms with van der Waals surface area (Å²) in [5.41, 5.74) is 8.28. The van der Waals surface area contributed by atoms with Gasteiger partial charge in [-0.25, -0.2) is 9.97 Å². The first-order chi connectivity index (χ1) is 17.6. The molecule has 37 heavy (non-hydrogen) atoms. The van der Waals surface area contributed by atoms with Crippen molar-refractivity contribution in [2.24, 2.45) is 12.8 Å². The number of fused-ring (bicyclic) bond motifs is 3. The van der Waals surface area contributed by atoms with Crippen LogP contribution in [0.2, 0.25) is 0 Å². The molecule has 11 nitrogen and oxygen atoms in total. The van der Waals surface area contributed by atoms with Crippen LogP contribution in [-0.2, 0) is 24.7 Å². The number of nitrogens with two attached hydrogens (primary N) is 1. The van der Waals surface area contributed by atoms with Crippen molar-refractivity contribution in [3.63, 3.8) is 0 Å². The molecule has 1 aliphatic heterocycles. The highest BCUT2D eigenvalue weighted by Crippen LogP contribution is 2.37. The maximum absolute atomic E-state index is 13.1. The average molecular weight is 516 g/mol. The molecular formula is C23H23F3N8O3. The third-order valence-electron chi connectivity index (χ3n) is 6.21. The van der Waals surface area contributed by atoms with E-state index in [1.807, 2.05) is 0 Å². The number of halogens is 3. The van der Waals surface area contributed by atoms with Gasteiger partial charge in [0, 0.05) is 24.5 Å². The van der Waals surface area contributed by atoms with E-state index in [0.29, 0.717) is 36.2 Å². The fraction of sp³-hybridized carbons (Fsp3) is 0.348. The van der Waals surface area contributed by atoms with Crippen LogP contribution >= 0.6 is 0 Å². The van der Waals surface area contributed by atoms with Gasteiger partial charge in [-0.2, -0.15) is 5.10 Å². The summed E-state index contributed by atoms with van der Waals surface area (Å²) < 4.78 is 44.9. The summed E-state index contributed by atoms with van der Waals surface area (Å²) in [7, 11) is 1.65. The molecule has 0 saturated carbocycles. The molecule has 1 saturated heterocycles. The second-order valence-corrected chi connectivity index (χ2v) is 8.75. The van der Waals surface area contributed by atoms with Crippen molar-refractivity contribution in [1.82, 2.24) is 25.1 Å². The van der Waals surface area contributed by atoms with Crippen LogP contribution in [0.4, 0.5) is 30.5 Å². The number of hydrogen-bond donors (Lipinski definition) is 4. The Bertz CT molecular complexity index is 1380. The Morgan fingerprint density at radius 2 is 2.08 bits per heavy atom. The lowest BCUT2D eigenvalue weighted by atomic mass is 9.93. The second kappa shape index (κ2) is 9.35. The van der Waals surface area contributed by atoms with Gasteiger partial charge in [0.05, 0.1) is 23.1 Å². The van der Waals surface area contributed by atoms with Crippen molar-refractivity contribution >= 4 is 29.1 Å². The van der Waals surface area contributed by atoms with Crippen LogP contribution in [0.25, 0.3) is 11.4 Å². The molecule has 0 bridgehead atoms. The highest BCUT2D eigenvalue weighted by molar-refractivity contribution is 5.96. The smallest absolute Gasteiger partial charge is 0.404 e. The number of aromatic nitrogens is 4. The van der Waals surface area contributed by atoms with E-state index in [1.165, 1.54) is 16.8 Å². The first-order valence-corrected chi connectivity index (χ1v) is 11.5. The number of nitrogens with one attached hydrogen (secondary N) is 3. The number of aryl methyl sites for hydroxylation is 2. The monoisotopic (exact) mass is 516 g/mol. The Kier molecular flexibility index (Phi) is 6.19. The van der Waals surface area contributed by atoms with Crippen LogP contribution < -0.4 is 26.4 Å². The number of ether oxygens (including phenoxy) is 1. The molecule has 1 fully saturated rings. The van der Waals surface area contributed by atoms with Crippen LogP contribution in [-0.4, -0.2) is 50.5 Å². The molecule has 1 aromatic carbocycles. The average Bonchev–Trinajstić information content (AvgIpc) is 3.48. The summed E-state index contributed by atoms with van der Waals surface area (Å²) >= 11 is 0. The number of benzene rings is 1. The molecule has 2 aliphatic rings. The van der Waals surface area contributed by atoms with Gasteiger partial charge >= 0.3 is 6.36 Å². The van der Waals surface area contributed by atoms with E-state index >= 15 is 0 Å². The number of alkyl halides is 3. The van der Waals surface area contributed by atoms with E-state index in [-0.39, 0.29) is 35.0 Å². The van der Waals surface area contributed by atoms with Crippen molar-refractivity contribution in [2.45, 2.75) is 38.1 Å². The number of carbonyl (C=O) groups excluding carboxylic acids is 2. The van der Waals surface area contributed by atoms with E-state index in [9.17, 15) is 22.8 Å². The quantitative estimate of drug-likeness (QED) is 0.390. The largest absolute Gasteiger partial charge is 0.573 e. The van der Waals surface area contributed by atoms with Gasteiger partial charge < -0.3 is 26.4 Å². The summed E-state index contributed by atoms with van der Waals surface area (Å²) in [4.78, 5) is 33.0. The van der Waals surface area contributed by atoms with E-state index < -0.39 is 18.0 Å². The number of nitrogens with zero attached hydrogens (tertiary/aromatic N) is 4. The first kappa shape index (κ1) is 24.5. The van der Waals surface area contributed by atoms with Gasteiger partial charge in [-0.05, 0) is 56.0 Å². The Morgan fingerprint density at radius 3 is 2.78 bits per heavy atom. The molecule has 0 radical (unpaired) electrons. The van der Waals surface area contributed by atoms with E-state index in [0.717, 1.165) is 24.6 Å². The highest BCUT2D eigenvalue weighted by Gasteiger charge is 2.33. The Balaban J connectivity index is 1.48. The molecule has 3 aromatic rings. The van der Waals surface area contributed by atoms with E-state index in [1.54, 1.807) is 13.2 Å². The minimum Gasteiger partial charge on any atom is -0.404 e. The topological polar surface area (TPSA) is 149 Å². The predicted octanol–water partition coefficient (Wildman–Crippen LogP) is 2.41. The Labute approximate surface area is 208 Å². The fourth-order valence-electron chi connectivity index (χ4n) is 4.59. The minimum absolute atomic E-state index is 0.0126. The second-order valence-electron chi connectivity index (χ2n) is 8.75. The third-order valence-corrected chi connectivity index (χ3v) is 6.21. The summed E-state index contributed by atoms with van der Waals surface area (Å²) in [6, 6.07) is 3.37. The van der Waals surface area contributed by atoms with Gasteiger partial charge in [0.15, 0.2) is 11.4 Å². The number of hydrogen-bond acceptors (Lipinski definition) is 8. The molecule has 1 unspecified atom stereocenters. The molecule has 3 heterocycles. The molecule has 5 N–H and O–H groups in total. The van der Waals surface area contributed by atoms with Gasteiger partial charge in [-0.1, -0.05) is 0 Å². The Morgan fingerprint density at radius 1 is 1.27 bits per heavy atom. The van der Waals surface area contributed by atoms with Crippen molar-refractivity contribution in [1.29, 1.82) is 0 Å². The number of rotatable bonds is 6. The molecule has 2 aromatic heterocycles. The maximum atomic E-state index is 13.1. The van der Waals surface area contributed by atoms with Crippen LogP contribution in [0.15, 0.2) is 24.4 Å². The summed E-state index contributed by atoms with van der Waals surface area (Å²) in [5, 5.41) is 12.8. The van der Waals surface area contributed by atoms with Crippen LogP contribution in [0.3, 0.4) is 0 Å². The minimum atomic E-state index is -4.94. The number of anilines is 3. The summed E-state index contributed by atoms with van der Waals surface area (Å²) in [6.07, 6.45) is -0.799. The maximum Gasteiger partial charge on any atom is 0.573 e. The van der Waals surface area contributed by atoms with Crippen LogP contribution in [0.1, 0.15) is 34.5 Å². The molecule has 0 spiro atoms. The van der Waals surface area contributed by atoms with Gasteiger partial charge in [-0.3, -0.25) is 14.3 Å². The molecule has 14 heteroatoms. The molecule has 5 rings (SSSR count). The molecule has 2 amide bonds. The van der Waals surface area contributed by atoms with Crippen molar-refractivity contribution < 1.29 is 27.5 Å². The lowest BCUT2D eigenvalue weighted by Crippen LogP contribution is -2.35. The van der Waals surface area contributed by atoms with Crippen molar-refractivity contribution in [3.8, 4) is 17.1 Å². The van der Waals surface area contributed by atoms with Crippen molar-refractivity contribution in [3.05, 3.63) is 41.2 Å². The zero-order valence-corrected chi connectivity index (χ0v) is 19.6. The van der Waals surface area contributed by atoms with Gasteiger partial charge in [0.25, 0.3) is 5.91 Å². The van der Waals surface area contributed by atoms with Crippen LogP contribution in [0, 0.1) is 0 Å². The number of carbonyl (C=O) groups is 2. The normalized spacial score (nSPS) is 16.6. The number of amides is 2. The fourth-order valence-corrected chi connectivity index (χ4v) is 4.59. The van der Waals surface area contributed by atoms with Gasteiger partial charge in [0.1, 0.15) is 0 Å². The zero-order valence-electron chi connectivity index (χ0n) is 19.6. The highest BCUT2D eigenvalue weighted by atomic mass is 19.4. The van der Waals surface area contributed by atoms with Gasteiger partial charge in [-0.15, -0.1) is 13.2 Å². The first-order valence-electron chi connectivity index (χ1n) is 11.5. The Hall–Kier alpha value is -4.20. The predicted molar refractivity (Wildman–Crippen MR) is 126 cm³/mol. The molecule has 1 aliphatic carbocycles. The van der Waals surface area contributed by atoms with E-state index in [2.05, 4.69) is 35.8 Å². The van der Waals surface area contributed by atoms with Crippen molar-refractivity contribution in [2.75, 3.05) is 17.2 Å². The van der Waals surface area contributed by atoms with E-state index in [4.69, 9.17) is 5.73 Å². The standard InChI is InChI=1S/C23H23F3N8O3/c1-34-19-13(18(33-34)20(27)35)6-4-11-10-29-22(32-17(11)19)31-15-9-12(5-7-16(15)37-23(24,25)26)30-21(36)14-3-2-8-28-14/h5,7,9-10,14,28H,2-4,6,8H2,1H3,(H2,27,35)(H,30,36)(H,29,31,32). The summed E-state index contributed by atoms with van der Waals surface area (Å²) in [6.45, 7) is 0.720. The third kappa shape index (κ3) is 5.05. The molecular weight excluding hydrogens is 493 g/mol. The van der Waals surface area contributed by atoms with Crippen LogP contribution in [0.5, 0.6) is 5.75 Å². The lowest BCUT2D eigenvalue weighted by Gasteiger charge is -2.19. The number of primary amides is 1. The van der Waals surface area contributed by atoms with Gasteiger partial charge in [0.2, 0.25) is 11.9 Å². The SMILES string of the molecule is Cn1nc(C(N)=O)c2c1-c1nc(Nc3cc(NC(=O)C4CCCN4)ccc3OC(F)(F)F)ncc1CC2.